The highest BCUT2D eigenvalue weighted by molar-refractivity contribution is 6.32. The minimum atomic E-state index is -0.536. The standard InChI is InChI=1S/C15H23ClN2O2/c1-9(2)8-20-13-6-5-11(7-12(13)16)18-15(19)14(17)10(3)4/h5-7,9-10,14H,8,17H2,1-4H3,(H,18,19). The van der Waals surface area contributed by atoms with Crippen LogP contribution in [0.2, 0.25) is 5.02 Å². The fraction of sp³-hybridized carbons (Fsp3) is 0.533. The van der Waals surface area contributed by atoms with E-state index in [-0.39, 0.29) is 11.8 Å². The van der Waals surface area contributed by atoms with Gasteiger partial charge in [0.25, 0.3) is 0 Å². The van der Waals surface area contributed by atoms with Crippen LogP contribution >= 0.6 is 11.6 Å². The third-order valence-corrected chi connectivity index (χ3v) is 3.09. The molecule has 1 amide bonds. The van der Waals surface area contributed by atoms with E-state index in [1.165, 1.54) is 0 Å². The fourth-order valence-electron chi connectivity index (χ4n) is 1.48. The third kappa shape index (κ3) is 5.02. The zero-order valence-corrected chi connectivity index (χ0v) is 13.2. The molecule has 112 valence electrons. The van der Waals surface area contributed by atoms with Gasteiger partial charge < -0.3 is 15.8 Å². The van der Waals surface area contributed by atoms with Crippen LogP contribution in [0.1, 0.15) is 27.7 Å². The molecule has 0 saturated carbocycles. The minimum absolute atomic E-state index is 0.0825. The number of nitrogens with one attached hydrogen (secondary N) is 1. The van der Waals surface area contributed by atoms with E-state index in [0.29, 0.717) is 29.0 Å². The highest BCUT2D eigenvalue weighted by atomic mass is 35.5. The number of anilines is 1. The van der Waals surface area contributed by atoms with Crippen LogP contribution in [0.5, 0.6) is 5.75 Å². The largest absolute Gasteiger partial charge is 0.492 e. The van der Waals surface area contributed by atoms with Crippen LogP contribution in [0.4, 0.5) is 5.69 Å². The zero-order chi connectivity index (χ0) is 15.3. The van der Waals surface area contributed by atoms with Crippen LogP contribution in [0.15, 0.2) is 18.2 Å². The van der Waals surface area contributed by atoms with Gasteiger partial charge in [0.05, 0.1) is 17.7 Å². The highest BCUT2D eigenvalue weighted by Crippen LogP contribution is 2.28. The lowest BCUT2D eigenvalue weighted by molar-refractivity contribution is -0.118. The van der Waals surface area contributed by atoms with Crippen molar-refractivity contribution in [3.63, 3.8) is 0 Å². The average molecular weight is 299 g/mol. The van der Waals surface area contributed by atoms with Crippen molar-refractivity contribution in [2.24, 2.45) is 17.6 Å². The van der Waals surface area contributed by atoms with Crippen LogP contribution < -0.4 is 15.8 Å². The maximum Gasteiger partial charge on any atom is 0.241 e. The minimum Gasteiger partial charge on any atom is -0.492 e. The van der Waals surface area contributed by atoms with E-state index in [1.54, 1.807) is 18.2 Å². The molecule has 0 aliphatic heterocycles. The highest BCUT2D eigenvalue weighted by Gasteiger charge is 2.17. The first kappa shape index (κ1) is 16.8. The number of carbonyl (C=O) groups is 1. The quantitative estimate of drug-likeness (QED) is 0.847. The number of ether oxygens (including phenoxy) is 1. The predicted molar refractivity (Wildman–Crippen MR) is 83.2 cm³/mol. The Morgan fingerprint density at radius 2 is 2.00 bits per heavy atom. The van der Waals surface area contributed by atoms with Gasteiger partial charge in [-0.2, -0.15) is 0 Å². The second-order valence-electron chi connectivity index (χ2n) is 5.61. The molecule has 1 unspecified atom stereocenters. The number of halogens is 1. The summed E-state index contributed by atoms with van der Waals surface area (Å²) in [6.45, 7) is 8.54. The van der Waals surface area contributed by atoms with E-state index in [2.05, 4.69) is 19.2 Å². The number of nitrogens with two attached hydrogens (primary N) is 1. The number of hydrogen-bond donors (Lipinski definition) is 2. The summed E-state index contributed by atoms with van der Waals surface area (Å²) in [5.74, 6) is 0.909. The molecule has 4 nitrogen and oxygen atoms in total. The summed E-state index contributed by atoms with van der Waals surface area (Å²) in [4.78, 5) is 11.9. The smallest absolute Gasteiger partial charge is 0.241 e. The molecule has 1 aromatic carbocycles. The summed E-state index contributed by atoms with van der Waals surface area (Å²) in [5, 5.41) is 3.23. The van der Waals surface area contributed by atoms with Crippen molar-refractivity contribution in [3.8, 4) is 5.75 Å². The maximum absolute atomic E-state index is 11.9. The summed E-state index contributed by atoms with van der Waals surface area (Å²) in [6, 6.07) is 4.64. The number of carbonyl (C=O) groups excluding carboxylic acids is 1. The Kier molecular flexibility index (Phi) is 6.30. The Bertz CT molecular complexity index is 461. The second kappa shape index (κ2) is 7.50. The van der Waals surface area contributed by atoms with Gasteiger partial charge in [0.1, 0.15) is 5.75 Å². The molecule has 1 atom stereocenters. The zero-order valence-electron chi connectivity index (χ0n) is 12.4. The van der Waals surface area contributed by atoms with Gasteiger partial charge in [0.15, 0.2) is 0 Å². The fourth-order valence-corrected chi connectivity index (χ4v) is 1.72. The Morgan fingerprint density at radius 3 is 2.50 bits per heavy atom. The van der Waals surface area contributed by atoms with Crippen molar-refractivity contribution in [1.29, 1.82) is 0 Å². The van der Waals surface area contributed by atoms with Crippen molar-refractivity contribution < 1.29 is 9.53 Å². The monoisotopic (exact) mass is 298 g/mol. The van der Waals surface area contributed by atoms with Crippen molar-refractivity contribution in [1.82, 2.24) is 0 Å². The number of amides is 1. The number of hydrogen-bond acceptors (Lipinski definition) is 3. The lowest BCUT2D eigenvalue weighted by Crippen LogP contribution is -2.39. The second-order valence-corrected chi connectivity index (χ2v) is 6.02. The van der Waals surface area contributed by atoms with E-state index in [1.807, 2.05) is 13.8 Å². The van der Waals surface area contributed by atoms with Gasteiger partial charge in [-0.1, -0.05) is 39.3 Å². The third-order valence-electron chi connectivity index (χ3n) is 2.79. The molecular formula is C15H23ClN2O2. The van der Waals surface area contributed by atoms with Gasteiger partial charge in [0, 0.05) is 5.69 Å². The molecule has 0 aliphatic rings. The van der Waals surface area contributed by atoms with Crippen molar-refractivity contribution in [2.75, 3.05) is 11.9 Å². The molecular weight excluding hydrogens is 276 g/mol. The van der Waals surface area contributed by atoms with Gasteiger partial charge in [0.2, 0.25) is 5.91 Å². The molecule has 3 N–H and O–H groups in total. The lowest BCUT2D eigenvalue weighted by Gasteiger charge is -2.16. The molecule has 0 heterocycles. The molecule has 0 bridgehead atoms. The molecule has 0 radical (unpaired) electrons. The molecule has 5 heteroatoms. The number of rotatable bonds is 6. The molecule has 0 saturated heterocycles. The first-order valence-electron chi connectivity index (χ1n) is 6.80. The normalized spacial score (nSPS) is 12.6. The van der Waals surface area contributed by atoms with E-state index in [9.17, 15) is 4.79 Å². The molecule has 20 heavy (non-hydrogen) atoms. The van der Waals surface area contributed by atoms with E-state index in [0.717, 1.165) is 0 Å². The van der Waals surface area contributed by atoms with Gasteiger partial charge in [-0.25, -0.2) is 0 Å². The predicted octanol–water partition coefficient (Wildman–Crippen LogP) is 3.30. The van der Waals surface area contributed by atoms with Crippen LogP contribution in [-0.2, 0) is 4.79 Å². The first-order chi connectivity index (χ1) is 9.31. The van der Waals surface area contributed by atoms with Crippen LogP contribution in [0.3, 0.4) is 0 Å². The summed E-state index contributed by atoms with van der Waals surface area (Å²) < 4.78 is 5.57. The van der Waals surface area contributed by atoms with Gasteiger partial charge >= 0.3 is 0 Å². The number of benzene rings is 1. The molecule has 1 rings (SSSR count). The SMILES string of the molecule is CC(C)COc1ccc(NC(=O)C(N)C(C)C)cc1Cl. The lowest BCUT2D eigenvalue weighted by atomic mass is 10.0. The van der Waals surface area contributed by atoms with E-state index in [4.69, 9.17) is 22.1 Å². The Morgan fingerprint density at radius 1 is 1.35 bits per heavy atom. The summed E-state index contributed by atoms with van der Waals surface area (Å²) in [6.07, 6.45) is 0. The van der Waals surface area contributed by atoms with Crippen LogP contribution in [0, 0.1) is 11.8 Å². The molecule has 0 spiro atoms. The Balaban J connectivity index is 2.70. The molecule has 0 aromatic heterocycles. The van der Waals surface area contributed by atoms with E-state index < -0.39 is 6.04 Å². The van der Waals surface area contributed by atoms with Gasteiger partial charge in [-0.05, 0) is 30.0 Å². The van der Waals surface area contributed by atoms with Crippen LogP contribution in [0.25, 0.3) is 0 Å². The molecule has 0 fully saturated rings. The van der Waals surface area contributed by atoms with Gasteiger partial charge in [-0.3, -0.25) is 4.79 Å². The summed E-state index contributed by atoms with van der Waals surface area (Å²) in [7, 11) is 0. The Labute approximate surface area is 125 Å². The summed E-state index contributed by atoms with van der Waals surface area (Å²) in [5.41, 5.74) is 6.41. The van der Waals surface area contributed by atoms with Crippen molar-refractivity contribution in [2.45, 2.75) is 33.7 Å². The molecule has 0 aliphatic carbocycles. The van der Waals surface area contributed by atoms with E-state index >= 15 is 0 Å². The Hall–Kier alpha value is -1.26. The van der Waals surface area contributed by atoms with Crippen molar-refractivity contribution in [3.05, 3.63) is 23.2 Å². The van der Waals surface area contributed by atoms with Gasteiger partial charge in [-0.15, -0.1) is 0 Å². The molecule has 1 aromatic rings. The van der Waals surface area contributed by atoms with Crippen LogP contribution in [-0.4, -0.2) is 18.6 Å². The average Bonchev–Trinajstić information content (AvgIpc) is 2.36. The maximum atomic E-state index is 11.9. The van der Waals surface area contributed by atoms with Crippen molar-refractivity contribution >= 4 is 23.2 Å². The topological polar surface area (TPSA) is 64.3 Å². The first-order valence-corrected chi connectivity index (χ1v) is 7.17. The summed E-state index contributed by atoms with van der Waals surface area (Å²) >= 11 is 6.13.